The van der Waals surface area contributed by atoms with Crippen LogP contribution in [-0.2, 0) is 0 Å². The maximum Gasteiger partial charge on any atom is 0.166 e. The lowest BCUT2D eigenvalue weighted by Crippen LogP contribution is -2.12. The van der Waals surface area contributed by atoms with E-state index >= 15 is 0 Å². The maximum atomic E-state index is 9.40. The Morgan fingerprint density at radius 3 is 2.88 bits per heavy atom. The molecule has 0 spiro atoms. The smallest absolute Gasteiger partial charge is 0.166 e. The van der Waals surface area contributed by atoms with Gasteiger partial charge >= 0.3 is 0 Å². The minimum Gasteiger partial charge on any atom is -0.482 e. The third-order valence-corrected chi connectivity index (χ3v) is 4.32. The Hall–Kier alpha value is -2.23. The van der Waals surface area contributed by atoms with E-state index in [-0.39, 0.29) is 5.82 Å². The Bertz CT molecular complexity index is 819. The largest absolute Gasteiger partial charge is 0.482 e. The van der Waals surface area contributed by atoms with E-state index in [2.05, 4.69) is 33.6 Å². The van der Waals surface area contributed by atoms with Gasteiger partial charge in [-0.2, -0.15) is 5.26 Å². The van der Waals surface area contributed by atoms with Crippen LogP contribution in [0.3, 0.4) is 0 Å². The normalized spacial score (nSPS) is 11.5. The monoisotopic (exact) mass is 406 g/mol. The minimum absolute atomic E-state index is 0.263. The van der Waals surface area contributed by atoms with Gasteiger partial charge in [0.2, 0.25) is 0 Å². The van der Waals surface area contributed by atoms with Crippen LogP contribution in [0.2, 0.25) is 5.02 Å². The Labute approximate surface area is 154 Å². The van der Waals surface area contributed by atoms with Crippen molar-refractivity contribution in [2.45, 2.75) is 13.0 Å². The summed E-state index contributed by atoms with van der Waals surface area (Å²) in [6.07, 6.45) is 2.72. The number of hydrogen-bond acceptors (Lipinski definition) is 5. The predicted molar refractivity (Wildman–Crippen MR) is 100 cm³/mol. The molecule has 1 unspecified atom stereocenters. The van der Waals surface area contributed by atoms with Crippen molar-refractivity contribution in [2.24, 2.45) is 0 Å². The zero-order valence-corrected chi connectivity index (χ0v) is 15.6. The number of hydrogen-bond donors (Lipinski definition) is 1. The third-order valence-electron chi connectivity index (χ3n) is 3.49. The molecule has 2 rings (SSSR count). The fraction of sp³-hybridized carbons (Fsp3) is 0.176. The molecule has 0 aliphatic heterocycles. The number of nitrogens with zero attached hydrogens (tertiary/aromatic N) is 3. The van der Waals surface area contributed by atoms with Crippen molar-refractivity contribution >= 4 is 39.0 Å². The lowest BCUT2D eigenvalue weighted by Gasteiger charge is -2.22. The minimum atomic E-state index is -0.497. The fourth-order valence-electron chi connectivity index (χ4n) is 2.22. The van der Waals surface area contributed by atoms with Gasteiger partial charge in [-0.1, -0.05) is 18.2 Å². The van der Waals surface area contributed by atoms with Crippen LogP contribution in [0.1, 0.15) is 24.2 Å². The molecule has 0 aliphatic rings. The van der Waals surface area contributed by atoms with Crippen molar-refractivity contribution < 1.29 is 4.74 Å². The molecule has 0 aliphatic carbocycles. The van der Waals surface area contributed by atoms with Gasteiger partial charge in [0.1, 0.15) is 6.10 Å². The van der Waals surface area contributed by atoms with Crippen LogP contribution < -0.4 is 15.4 Å². The zero-order valence-electron chi connectivity index (χ0n) is 13.3. The van der Waals surface area contributed by atoms with Gasteiger partial charge in [-0.15, -0.1) is 0 Å². The summed E-state index contributed by atoms with van der Waals surface area (Å²) in [5.41, 5.74) is 7.61. The number of halogens is 2. The lowest BCUT2D eigenvalue weighted by atomic mass is 10.0. The molecule has 24 heavy (non-hydrogen) atoms. The van der Waals surface area contributed by atoms with Crippen LogP contribution in [0.15, 0.2) is 41.6 Å². The summed E-state index contributed by atoms with van der Waals surface area (Å²) in [4.78, 5) is 5.81. The molecule has 2 N–H and O–H groups in total. The second kappa shape index (κ2) is 7.56. The predicted octanol–water partition coefficient (Wildman–Crippen LogP) is 4.67. The van der Waals surface area contributed by atoms with Crippen LogP contribution in [0, 0.1) is 11.3 Å². The van der Waals surface area contributed by atoms with Gasteiger partial charge in [-0.25, -0.2) is 4.98 Å². The highest BCUT2D eigenvalue weighted by Crippen LogP contribution is 2.37. The number of benzene rings is 1. The first-order chi connectivity index (χ1) is 11.4. The second-order valence-corrected chi connectivity index (χ2v) is 6.36. The summed E-state index contributed by atoms with van der Waals surface area (Å²) < 4.78 is 6.65. The molecule has 1 atom stereocenters. The van der Waals surface area contributed by atoms with E-state index in [0.717, 1.165) is 10.2 Å². The quantitative estimate of drug-likeness (QED) is 0.779. The molecule has 0 saturated carbocycles. The van der Waals surface area contributed by atoms with Gasteiger partial charge in [0.15, 0.2) is 11.6 Å². The lowest BCUT2D eigenvalue weighted by molar-refractivity contribution is 0.227. The molecule has 2 aromatic rings. The number of nitriles is 1. The molecule has 1 aromatic carbocycles. The van der Waals surface area contributed by atoms with Crippen molar-refractivity contribution in [2.75, 3.05) is 17.7 Å². The number of anilines is 2. The van der Waals surface area contributed by atoms with Crippen LogP contribution in [0.4, 0.5) is 11.5 Å². The van der Waals surface area contributed by atoms with E-state index in [4.69, 9.17) is 22.1 Å². The first-order valence-electron chi connectivity index (χ1n) is 7.04. The summed E-state index contributed by atoms with van der Waals surface area (Å²) in [6.45, 7) is 5.53. The molecule has 0 fully saturated rings. The Morgan fingerprint density at radius 1 is 1.54 bits per heavy atom. The molecule has 0 bridgehead atoms. The number of nitrogens with two attached hydrogens (primary N) is 1. The zero-order chi connectivity index (χ0) is 17.9. The van der Waals surface area contributed by atoms with Gasteiger partial charge < -0.3 is 15.4 Å². The highest BCUT2D eigenvalue weighted by Gasteiger charge is 2.21. The summed E-state index contributed by atoms with van der Waals surface area (Å²) >= 11 is 9.85. The van der Waals surface area contributed by atoms with Crippen molar-refractivity contribution in [3.63, 3.8) is 0 Å². The fourth-order valence-corrected chi connectivity index (χ4v) is 2.98. The number of nitrogen functional groups attached to an aromatic ring is 1. The second-order valence-electron chi connectivity index (χ2n) is 5.06. The topological polar surface area (TPSA) is 75.2 Å². The standard InChI is InChI=1S/C17H16BrClN4O/c1-4-23(3)13-6-5-11(8-20)15(16(13)19)10(2)24-14-7-12(18)9-22-17(14)21/h4-7,9-10H,1H2,2-3H3,(H2,21,22). The molecular formula is C17H16BrClN4O. The van der Waals surface area contributed by atoms with Crippen molar-refractivity contribution in [1.29, 1.82) is 5.26 Å². The highest BCUT2D eigenvalue weighted by atomic mass is 79.9. The molecule has 5 nitrogen and oxygen atoms in total. The molecule has 124 valence electrons. The molecule has 1 aromatic heterocycles. The van der Waals surface area contributed by atoms with Crippen LogP contribution in [0.5, 0.6) is 5.75 Å². The maximum absolute atomic E-state index is 9.40. The molecule has 7 heteroatoms. The molecule has 0 amide bonds. The SMILES string of the molecule is C=CN(C)c1ccc(C#N)c(C(C)Oc2cc(Br)cnc2N)c1Cl. The Morgan fingerprint density at radius 2 is 2.25 bits per heavy atom. The van der Waals surface area contributed by atoms with Gasteiger partial charge in [0, 0.05) is 23.3 Å². The third kappa shape index (κ3) is 3.64. The van der Waals surface area contributed by atoms with Crippen LogP contribution >= 0.6 is 27.5 Å². The van der Waals surface area contributed by atoms with E-state index in [1.54, 1.807) is 42.4 Å². The van der Waals surface area contributed by atoms with Crippen LogP contribution in [0.25, 0.3) is 0 Å². The van der Waals surface area contributed by atoms with E-state index in [1.165, 1.54) is 0 Å². The van der Waals surface area contributed by atoms with E-state index < -0.39 is 6.10 Å². The summed E-state index contributed by atoms with van der Waals surface area (Å²) in [7, 11) is 1.83. The van der Waals surface area contributed by atoms with E-state index in [1.807, 2.05) is 7.05 Å². The highest BCUT2D eigenvalue weighted by molar-refractivity contribution is 9.10. The Kier molecular flexibility index (Phi) is 5.71. The number of rotatable bonds is 5. The Balaban J connectivity index is 2.48. The molecule has 0 radical (unpaired) electrons. The van der Waals surface area contributed by atoms with Crippen LogP contribution in [-0.4, -0.2) is 12.0 Å². The molecule has 1 heterocycles. The van der Waals surface area contributed by atoms with Gasteiger partial charge in [-0.05, 0) is 47.3 Å². The number of pyridine rings is 1. The first-order valence-corrected chi connectivity index (χ1v) is 8.21. The van der Waals surface area contributed by atoms with Crippen molar-refractivity contribution in [1.82, 2.24) is 4.98 Å². The molecule has 0 saturated heterocycles. The van der Waals surface area contributed by atoms with Crippen molar-refractivity contribution in [3.8, 4) is 11.8 Å². The first kappa shape index (κ1) is 18.1. The number of ether oxygens (including phenoxy) is 1. The summed E-state index contributed by atoms with van der Waals surface area (Å²) in [5, 5.41) is 9.84. The van der Waals surface area contributed by atoms with E-state index in [9.17, 15) is 5.26 Å². The number of aromatic nitrogens is 1. The van der Waals surface area contributed by atoms with Crippen molar-refractivity contribution in [3.05, 3.63) is 57.8 Å². The van der Waals surface area contributed by atoms with Gasteiger partial charge in [-0.3, -0.25) is 0 Å². The average molecular weight is 408 g/mol. The summed E-state index contributed by atoms with van der Waals surface area (Å²) in [6, 6.07) is 7.35. The average Bonchev–Trinajstić information content (AvgIpc) is 2.56. The van der Waals surface area contributed by atoms with Gasteiger partial charge in [0.25, 0.3) is 0 Å². The summed E-state index contributed by atoms with van der Waals surface area (Å²) in [5.74, 6) is 0.679. The molecular weight excluding hydrogens is 392 g/mol. The van der Waals surface area contributed by atoms with Gasteiger partial charge in [0.05, 0.1) is 22.3 Å². The van der Waals surface area contributed by atoms with E-state index in [0.29, 0.717) is 21.9 Å².